The summed E-state index contributed by atoms with van der Waals surface area (Å²) < 4.78 is 19.1. The number of nitrogens with zero attached hydrogens (tertiary/aromatic N) is 2. The molecule has 0 bridgehead atoms. The zero-order valence-electron chi connectivity index (χ0n) is 8.70. The number of rotatable bonds is 2. The van der Waals surface area contributed by atoms with Gasteiger partial charge in [-0.25, -0.2) is 14.4 Å². The smallest absolute Gasteiger partial charge is 0.321 e. The molecule has 1 aromatic carbocycles. The van der Waals surface area contributed by atoms with Crippen LogP contribution in [0.1, 0.15) is 6.92 Å². The van der Waals surface area contributed by atoms with E-state index in [1.165, 1.54) is 12.1 Å². The van der Waals surface area contributed by atoms with E-state index in [0.29, 0.717) is 10.2 Å². The first-order valence-corrected chi connectivity index (χ1v) is 5.16. The molecule has 0 radical (unpaired) electrons. The van der Waals surface area contributed by atoms with Crippen molar-refractivity contribution in [3.63, 3.8) is 0 Å². The molecule has 3 nitrogen and oxygen atoms in total. The molecule has 0 heterocycles. The molecule has 0 amide bonds. The van der Waals surface area contributed by atoms with E-state index < -0.39 is 5.82 Å². The lowest BCUT2D eigenvalue weighted by molar-refractivity contribution is 0.485. The Kier molecular flexibility index (Phi) is 4.37. The van der Waals surface area contributed by atoms with Crippen LogP contribution in [0.3, 0.4) is 0 Å². The van der Waals surface area contributed by atoms with Crippen molar-refractivity contribution in [1.82, 2.24) is 0 Å². The molecule has 0 fully saturated rings. The van der Waals surface area contributed by atoms with Gasteiger partial charge in [0.25, 0.3) is 0 Å². The van der Waals surface area contributed by atoms with E-state index in [-0.39, 0.29) is 11.8 Å². The Hall–Kier alpha value is -1.49. The Morgan fingerprint density at radius 3 is 2.69 bits per heavy atom. The van der Waals surface area contributed by atoms with Crippen LogP contribution in [-0.2, 0) is 0 Å². The van der Waals surface area contributed by atoms with Crippen LogP contribution >= 0.6 is 15.9 Å². The monoisotopic (exact) mass is 284 g/mol. The normalized spacial score (nSPS) is 11.1. The van der Waals surface area contributed by atoms with Gasteiger partial charge in [0.15, 0.2) is 11.6 Å². The van der Waals surface area contributed by atoms with E-state index >= 15 is 0 Å². The van der Waals surface area contributed by atoms with Crippen LogP contribution in [0, 0.1) is 5.82 Å². The summed E-state index contributed by atoms with van der Waals surface area (Å²) in [7, 11) is 0. The predicted octanol–water partition coefficient (Wildman–Crippen LogP) is 3.56. The molecule has 0 saturated heterocycles. The maximum atomic E-state index is 13.4. The zero-order chi connectivity index (χ0) is 12.1. The largest absolute Gasteiger partial charge is 0.421 e. The van der Waals surface area contributed by atoms with Gasteiger partial charge in [-0.15, -0.1) is 0 Å². The highest BCUT2D eigenvalue weighted by Gasteiger charge is 2.07. The molecule has 0 N–H and O–H groups in total. The number of hydrogen-bond acceptors (Lipinski definition) is 2. The van der Waals surface area contributed by atoms with Crippen molar-refractivity contribution < 1.29 is 9.13 Å². The van der Waals surface area contributed by atoms with E-state index in [1.54, 1.807) is 13.0 Å². The lowest BCUT2D eigenvalue weighted by atomic mass is 10.3. The Labute approximate surface area is 102 Å². The second-order valence-corrected chi connectivity index (χ2v) is 3.88. The van der Waals surface area contributed by atoms with Crippen LogP contribution in [0.4, 0.5) is 4.39 Å². The highest BCUT2D eigenvalue weighted by molar-refractivity contribution is 9.10. The fourth-order valence-electron chi connectivity index (χ4n) is 0.910. The van der Waals surface area contributed by atoms with Crippen molar-refractivity contribution in [2.45, 2.75) is 6.92 Å². The van der Waals surface area contributed by atoms with Gasteiger partial charge in [0.2, 0.25) is 0 Å². The van der Waals surface area contributed by atoms with Crippen LogP contribution < -0.4 is 4.74 Å². The third kappa shape index (κ3) is 3.58. The summed E-state index contributed by atoms with van der Waals surface area (Å²) in [5, 5.41) is 0. The summed E-state index contributed by atoms with van der Waals surface area (Å²) in [4.78, 5) is 7.37. The van der Waals surface area contributed by atoms with Crippen molar-refractivity contribution >= 4 is 28.7 Å². The summed E-state index contributed by atoms with van der Waals surface area (Å²) in [6, 6.07) is 4.38. The molecule has 0 saturated carbocycles. The molecule has 16 heavy (non-hydrogen) atoms. The number of amidine groups is 1. The minimum absolute atomic E-state index is 0.0336. The van der Waals surface area contributed by atoms with Gasteiger partial charge in [-0.2, -0.15) is 0 Å². The Morgan fingerprint density at radius 1 is 1.50 bits per heavy atom. The first-order valence-electron chi connectivity index (χ1n) is 4.36. The van der Waals surface area contributed by atoms with Gasteiger partial charge in [-0.05, 0) is 31.8 Å². The molecule has 0 aliphatic carbocycles. The molecule has 1 rings (SSSR count). The molecule has 0 atom stereocenters. The molecule has 5 heteroatoms. The topological polar surface area (TPSA) is 34.0 Å². The number of allylic oxidation sites excluding steroid dienone is 1. The second-order valence-electron chi connectivity index (χ2n) is 2.96. The van der Waals surface area contributed by atoms with E-state index in [9.17, 15) is 4.39 Å². The highest BCUT2D eigenvalue weighted by Crippen LogP contribution is 2.21. The fraction of sp³-hybridized carbons (Fsp3) is 0.0909. The molecule has 0 aromatic heterocycles. The number of halogens is 2. The van der Waals surface area contributed by atoms with Gasteiger partial charge >= 0.3 is 6.02 Å². The summed E-state index contributed by atoms with van der Waals surface area (Å²) in [6.07, 6.45) is 0. The summed E-state index contributed by atoms with van der Waals surface area (Å²) >= 11 is 3.14. The molecular weight excluding hydrogens is 275 g/mol. The van der Waals surface area contributed by atoms with Crippen molar-refractivity contribution in [1.29, 1.82) is 0 Å². The number of aliphatic imine (C=N–C) groups is 2. The molecule has 1 aromatic rings. The lowest BCUT2D eigenvalue weighted by Crippen LogP contribution is -2.06. The van der Waals surface area contributed by atoms with E-state index in [2.05, 4.69) is 39.2 Å². The van der Waals surface area contributed by atoms with Crippen molar-refractivity contribution in [2.24, 2.45) is 9.98 Å². The van der Waals surface area contributed by atoms with Gasteiger partial charge in [-0.1, -0.05) is 22.5 Å². The average Bonchev–Trinajstić information content (AvgIpc) is 2.20. The first kappa shape index (κ1) is 12.6. The third-order valence-corrected chi connectivity index (χ3v) is 2.01. The van der Waals surface area contributed by atoms with E-state index in [1.807, 2.05) is 0 Å². The average molecular weight is 285 g/mol. The van der Waals surface area contributed by atoms with Crippen LogP contribution in [0.5, 0.6) is 5.75 Å². The molecule has 0 spiro atoms. The quantitative estimate of drug-likeness (QED) is 0.604. The SMILES string of the molecule is C=NC(=NC(=C)C)Oc1ccc(Br)cc1F. The van der Waals surface area contributed by atoms with Crippen LogP contribution in [0.2, 0.25) is 0 Å². The Morgan fingerprint density at radius 2 is 2.19 bits per heavy atom. The standard InChI is InChI=1S/C11H10BrFN2O/c1-7(2)15-11(14-3)16-10-5-4-8(12)6-9(10)13/h4-6H,1,3H2,2H3. The number of ether oxygens (including phenoxy) is 1. The first-order chi connectivity index (χ1) is 7.52. The second kappa shape index (κ2) is 5.55. The van der Waals surface area contributed by atoms with E-state index in [4.69, 9.17) is 4.74 Å². The summed E-state index contributed by atoms with van der Waals surface area (Å²) in [5.41, 5.74) is 0.500. The van der Waals surface area contributed by atoms with Gasteiger partial charge in [0, 0.05) is 10.2 Å². The van der Waals surface area contributed by atoms with Crippen LogP contribution in [-0.4, -0.2) is 12.7 Å². The van der Waals surface area contributed by atoms with Crippen LogP contribution in [0.15, 0.2) is 44.9 Å². The number of benzene rings is 1. The van der Waals surface area contributed by atoms with Crippen molar-refractivity contribution in [3.8, 4) is 5.75 Å². The van der Waals surface area contributed by atoms with Gasteiger partial charge in [-0.3, -0.25) is 0 Å². The minimum Gasteiger partial charge on any atom is -0.421 e. The highest BCUT2D eigenvalue weighted by atomic mass is 79.9. The molecule has 0 aliphatic heterocycles. The van der Waals surface area contributed by atoms with Crippen molar-refractivity contribution in [2.75, 3.05) is 0 Å². The van der Waals surface area contributed by atoms with Crippen LogP contribution in [0.25, 0.3) is 0 Å². The van der Waals surface area contributed by atoms with Gasteiger partial charge < -0.3 is 4.74 Å². The molecular formula is C11H10BrFN2O. The fourth-order valence-corrected chi connectivity index (χ4v) is 1.24. The third-order valence-electron chi connectivity index (χ3n) is 1.52. The predicted molar refractivity (Wildman–Crippen MR) is 66.5 cm³/mol. The van der Waals surface area contributed by atoms with Gasteiger partial charge in [0.1, 0.15) is 0 Å². The Balaban J connectivity index is 2.95. The molecule has 84 valence electrons. The zero-order valence-corrected chi connectivity index (χ0v) is 10.3. The number of hydrogen-bond donors (Lipinski definition) is 0. The van der Waals surface area contributed by atoms with Crippen molar-refractivity contribution in [3.05, 3.63) is 40.8 Å². The maximum Gasteiger partial charge on any atom is 0.321 e. The summed E-state index contributed by atoms with van der Waals surface area (Å²) in [6.45, 7) is 8.52. The minimum atomic E-state index is -0.507. The molecule has 0 unspecified atom stereocenters. The maximum absolute atomic E-state index is 13.4. The molecule has 0 aliphatic rings. The lowest BCUT2D eigenvalue weighted by Gasteiger charge is -2.05. The van der Waals surface area contributed by atoms with E-state index in [0.717, 1.165) is 0 Å². The summed E-state index contributed by atoms with van der Waals surface area (Å²) in [5.74, 6) is -0.469. The van der Waals surface area contributed by atoms with Gasteiger partial charge in [0.05, 0.1) is 0 Å². The Bertz CT molecular complexity index is 457.